The Balaban J connectivity index is 1.80. The molecule has 0 unspecified atom stereocenters. The molecule has 0 heterocycles. The third kappa shape index (κ3) is 6.15. The first-order valence-electron chi connectivity index (χ1n) is 9.88. The van der Waals surface area contributed by atoms with Crippen molar-refractivity contribution in [3.8, 4) is 5.75 Å². The van der Waals surface area contributed by atoms with Crippen molar-refractivity contribution < 1.29 is 21.8 Å². The number of rotatable bonds is 8. The van der Waals surface area contributed by atoms with Gasteiger partial charge in [0.1, 0.15) is 16.5 Å². The average molecular weight is 442 g/mol. The van der Waals surface area contributed by atoms with E-state index in [1.165, 1.54) is 6.07 Å². The predicted molar refractivity (Wildman–Crippen MR) is 117 cm³/mol. The van der Waals surface area contributed by atoms with Gasteiger partial charge in [0.05, 0.1) is 0 Å². The zero-order valence-corrected chi connectivity index (χ0v) is 18.2. The van der Waals surface area contributed by atoms with Crippen molar-refractivity contribution >= 4 is 16.0 Å². The van der Waals surface area contributed by atoms with Crippen LogP contribution in [0.3, 0.4) is 0 Å². The molecule has 31 heavy (non-hydrogen) atoms. The van der Waals surface area contributed by atoms with Crippen LogP contribution in [0.25, 0.3) is 0 Å². The van der Waals surface area contributed by atoms with Crippen LogP contribution in [0.5, 0.6) is 5.75 Å². The molecule has 0 atom stereocenters. The molecule has 3 aromatic rings. The Labute approximate surface area is 182 Å². The zero-order chi connectivity index (χ0) is 22.4. The van der Waals surface area contributed by atoms with Crippen LogP contribution < -0.4 is 4.18 Å². The van der Waals surface area contributed by atoms with Gasteiger partial charge in [-0.3, -0.25) is 4.79 Å². The van der Waals surface area contributed by atoms with E-state index in [9.17, 15) is 17.6 Å². The van der Waals surface area contributed by atoms with Gasteiger partial charge in [-0.05, 0) is 60.0 Å². The van der Waals surface area contributed by atoms with Gasteiger partial charge in [0, 0.05) is 18.7 Å². The van der Waals surface area contributed by atoms with Gasteiger partial charge in [0.25, 0.3) is 5.91 Å². The lowest BCUT2D eigenvalue weighted by Gasteiger charge is -2.25. The second-order valence-electron chi connectivity index (χ2n) is 7.58. The number of halogens is 1. The quantitative estimate of drug-likeness (QED) is 0.467. The second kappa shape index (κ2) is 9.75. The van der Waals surface area contributed by atoms with Crippen molar-refractivity contribution in [2.45, 2.75) is 25.3 Å². The van der Waals surface area contributed by atoms with Crippen LogP contribution in [0.15, 0.2) is 83.8 Å². The summed E-state index contributed by atoms with van der Waals surface area (Å²) in [7, 11) is -4.10. The molecule has 0 aliphatic heterocycles. The van der Waals surface area contributed by atoms with E-state index in [-0.39, 0.29) is 22.5 Å². The van der Waals surface area contributed by atoms with Crippen LogP contribution in [0.2, 0.25) is 0 Å². The molecule has 0 bridgehead atoms. The normalized spacial score (nSPS) is 11.4. The standard InChI is InChI=1S/C24H24FNO4S/c1-18(2)16-26(24(27)20-8-4-3-5-9-20)17-19-7-6-10-22(15-19)30-31(28,29)23-13-11-21(25)12-14-23/h3-15,18H,16-17H2,1-2H3. The molecule has 0 saturated heterocycles. The lowest BCUT2D eigenvalue weighted by atomic mass is 10.1. The Kier molecular flexibility index (Phi) is 7.07. The van der Waals surface area contributed by atoms with E-state index < -0.39 is 15.9 Å². The fourth-order valence-corrected chi connectivity index (χ4v) is 4.04. The first kappa shape index (κ1) is 22.5. The summed E-state index contributed by atoms with van der Waals surface area (Å²) in [6, 6.07) is 20.0. The number of carbonyl (C=O) groups is 1. The minimum atomic E-state index is -4.10. The minimum absolute atomic E-state index is 0.0976. The third-order valence-corrected chi connectivity index (χ3v) is 5.73. The molecule has 0 aliphatic carbocycles. The summed E-state index contributed by atoms with van der Waals surface area (Å²) in [5, 5.41) is 0. The van der Waals surface area contributed by atoms with E-state index >= 15 is 0 Å². The molecule has 0 N–H and O–H groups in total. The largest absolute Gasteiger partial charge is 0.379 e. The molecule has 1 amide bonds. The van der Waals surface area contributed by atoms with Gasteiger partial charge in [0.2, 0.25) is 0 Å². The third-order valence-electron chi connectivity index (χ3n) is 4.47. The number of carbonyl (C=O) groups excluding carboxylic acids is 1. The Hall–Kier alpha value is -3.19. The average Bonchev–Trinajstić information content (AvgIpc) is 2.73. The lowest BCUT2D eigenvalue weighted by molar-refractivity contribution is 0.0722. The topological polar surface area (TPSA) is 63.7 Å². The summed E-state index contributed by atoms with van der Waals surface area (Å²) in [4.78, 5) is 14.6. The van der Waals surface area contributed by atoms with E-state index in [0.717, 1.165) is 29.8 Å². The van der Waals surface area contributed by atoms with Gasteiger partial charge < -0.3 is 9.08 Å². The monoisotopic (exact) mass is 441 g/mol. The Morgan fingerprint density at radius 2 is 1.65 bits per heavy atom. The molecular weight excluding hydrogens is 417 g/mol. The second-order valence-corrected chi connectivity index (χ2v) is 9.13. The summed E-state index contributed by atoms with van der Waals surface area (Å²) < 4.78 is 43.3. The van der Waals surface area contributed by atoms with Crippen LogP contribution in [-0.4, -0.2) is 25.8 Å². The van der Waals surface area contributed by atoms with Crippen molar-refractivity contribution in [1.82, 2.24) is 4.90 Å². The Morgan fingerprint density at radius 1 is 0.968 bits per heavy atom. The van der Waals surface area contributed by atoms with Crippen LogP contribution in [0, 0.1) is 11.7 Å². The van der Waals surface area contributed by atoms with Crippen molar-refractivity contribution in [1.29, 1.82) is 0 Å². The molecule has 0 aliphatic rings. The molecule has 0 fully saturated rings. The Bertz CT molecular complexity index is 1130. The molecule has 3 aromatic carbocycles. The van der Waals surface area contributed by atoms with E-state index in [1.807, 2.05) is 38.1 Å². The van der Waals surface area contributed by atoms with Crippen LogP contribution in [0.4, 0.5) is 4.39 Å². The lowest BCUT2D eigenvalue weighted by Crippen LogP contribution is -2.33. The van der Waals surface area contributed by atoms with Crippen molar-refractivity contribution in [2.75, 3.05) is 6.54 Å². The maximum absolute atomic E-state index is 13.1. The van der Waals surface area contributed by atoms with E-state index in [4.69, 9.17) is 4.18 Å². The van der Waals surface area contributed by atoms with Crippen LogP contribution >= 0.6 is 0 Å². The fraction of sp³-hybridized carbons (Fsp3) is 0.208. The SMILES string of the molecule is CC(C)CN(Cc1cccc(OS(=O)(=O)c2ccc(F)cc2)c1)C(=O)c1ccccc1. The van der Waals surface area contributed by atoms with Crippen molar-refractivity contribution in [3.05, 3.63) is 95.8 Å². The van der Waals surface area contributed by atoms with Gasteiger partial charge in [-0.1, -0.05) is 44.2 Å². The highest BCUT2D eigenvalue weighted by Crippen LogP contribution is 2.22. The predicted octanol–water partition coefficient (Wildman–Crippen LogP) is 4.89. The van der Waals surface area contributed by atoms with E-state index in [2.05, 4.69) is 0 Å². The number of benzene rings is 3. The maximum Gasteiger partial charge on any atom is 0.339 e. The summed E-state index contributed by atoms with van der Waals surface area (Å²) in [6.45, 7) is 4.91. The molecule has 0 aromatic heterocycles. The summed E-state index contributed by atoms with van der Waals surface area (Å²) >= 11 is 0. The highest BCUT2D eigenvalue weighted by Gasteiger charge is 2.19. The molecule has 0 saturated carbocycles. The molecule has 3 rings (SSSR count). The molecule has 5 nitrogen and oxygen atoms in total. The molecule has 7 heteroatoms. The van der Waals surface area contributed by atoms with Gasteiger partial charge in [0.15, 0.2) is 0 Å². The maximum atomic E-state index is 13.1. The van der Waals surface area contributed by atoms with Crippen LogP contribution in [-0.2, 0) is 16.7 Å². The van der Waals surface area contributed by atoms with Gasteiger partial charge in [-0.15, -0.1) is 0 Å². The molecular formula is C24H24FNO4S. The number of amides is 1. The first-order chi connectivity index (χ1) is 14.7. The van der Waals surface area contributed by atoms with Crippen molar-refractivity contribution in [2.24, 2.45) is 5.92 Å². The van der Waals surface area contributed by atoms with Crippen LogP contribution in [0.1, 0.15) is 29.8 Å². The highest BCUT2D eigenvalue weighted by atomic mass is 32.2. The molecule has 0 spiro atoms. The van der Waals surface area contributed by atoms with Crippen molar-refractivity contribution in [3.63, 3.8) is 0 Å². The Morgan fingerprint density at radius 3 is 2.29 bits per heavy atom. The summed E-state index contributed by atoms with van der Waals surface area (Å²) in [6.07, 6.45) is 0. The van der Waals surface area contributed by atoms with Gasteiger partial charge in [-0.2, -0.15) is 8.42 Å². The number of hydrogen-bond donors (Lipinski definition) is 0. The summed E-state index contributed by atoms with van der Waals surface area (Å²) in [5.41, 5.74) is 1.33. The minimum Gasteiger partial charge on any atom is -0.379 e. The number of nitrogens with zero attached hydrogens (tertiary/aromatic N) is 1. The highest BCUT2D eigenvalue weighted by molar-refractivity contribution is 7.87. The summed E-state index contributed by atoms with van der Waals surface area (Å²) in [5.74, 6) is -0.252. The first-order valence-corrected chi connectivity index (χ1v) is 11.3. The molecule has 162 valence electrons. The fourth-order valence-electron chi connectivity index (χ4n) is 3.12. The van der Waals surface area contributed by atoms with E-state index in [1.54, 1.807) is 29.2 Å². The van der Waals surface area contributed by atoms with Gasteiger partial charge >= 0.3 is 10.1 Å². The number of hydrogen-bond acceptors (Lipinski definition) is 4. The smallest absolute Gasteiger partial charge is 0.339 e. The molecule has 0 radical (unpaired) electrons. The van der Waals surface area contributed by atoms with Gasteiger partial charge in [-0.25, -0.2) is 4.39 Å². The van der Waals surface area contributed by atoms with E-state index in [0.29, 0.717) is 18.7 Å². The zero-order valence-electron chi connectivity index (χ0n) is 17.4.